The van der Waals surface area contributed by atoms with E-state index < -0.39 is 0 Å². The molecule has 3 heteroatoms. The Balaban J connectivity index is 2.52. The van der Waals surface area contributed by atoms with Crippen molar-refractivity contribution in [3.8, 4) is 11.3 Å². The van der Waals surface area contributed by atoms with Crippen molar-refractivity contribution in [2.24, 2.45) is 0 Å². The molecule has 15 heavy (non-hydrogen) atoms. The van der Waals surface area contributed by atoms with Crippen LogP contribution >= 0.6 is 0 Å². The van der Waals surface area contributed by atoms with E-state index in [0.717, 1.165) is 11.3 Å². The smallest absolute Gasteiger partial charge is 0.222 e. The fourth-order valence-electron chi connectivity index (χ4n) is 1.65. The molecule has 0 atom stereocenters. The highest BCUT2D eigenvalue weighted by atomic mass is 16.5. The van der Waals surface area contributed by atoms with Crippen LogP contribution < -0.4 is 5.73 Å². The summed E-state index contributed by atoms with van der Waals surface area (Å²) in [7, 11) is 0. The Labute approximate surface area is 88.9 Å². The highest BCUT2D eigenvalue weighted by Crippen LogP contribution is 2.28. The topological polar surface area (TPSA) is 52.0 Å². The van der Waals surface area contributed by atoms with E-state index >= 15 is 0 Å². The summed E-state index contributed by atoms with van der Waals surface area (Å²) in [5.41, 5.74) is 8.66. The highest BCUT2D eigenvalue weighted by Gasteiger charge is 2.10. The molecule has 3 nitrogen and oxygen atoms in total. The molecule has 0 saturated carbocycles. The number of anilines is 1. The van der Waals surface area contributed by atoms with Gasteiger partial charge in [0.25, 0.3) is 0 Å². The SMILES string of the molecule is CC(C)c1ccccc1-c1cc(N)on1. The zero-order valence-corrected chi connectivity index (χ0v) is 8.90. The third-order valence-electron chi connectivity index (χ3n) is 2.39. The number of hydrogen-bond donors (Lipinski definition) is 1. The van der Waals surface area contributed by atoms with E-state index in [4.69, 9.17) is 10.3 Å². The molecular weight excluding hydrogens is 188 g/mol. The maximum atomic E-state index is 5.51. The number of benzene rings is 1. The van der Waals surface area contributed by atoms with Gasteiger partial charge in [-0.3, -0.25) is 0 Å². The van der Waals surface area contributed by atoms with E-state index in [2.05, 4.69) is 25.1 Å². The Morgan fingerprint density at radius 3 is 2.60 bits per heavy atom. The first-order valence-electron chi connectivity index (χ1n) is 5.00. The minimum absolute atomic E-state index is 0.351. The molecule has 2 aromatic rings. The van der Waals surface area contributed by atoms with Crippen molar-refractivity contribution in [2.75, 3.05) is 5.73 Å². The Hall–Kier alpha value is -1.77. The maximum absolute atomic E-state index is 5.51. The van der Waals surface area contributed by atoms with Crippen molar-refractivity contribution < 1.29 is 4.52 Å². The van der Waals surface area contributed by atoms with Crippen LogP contribution in [-0.2, 0) is 0 Å². The number of aromatic nitrogens is 1. The molecule has 0 saturated heterocycles. The molecule has 0 aliphatic heterocycles. The molecule has 2 N–H and O–H groups in total. The summed E-state index contributed by atoms with van der Waals surface area (Å²) in [6, 6.07) is 9.91. The van der Waals surface area contributed by atoms with Gasteiger partial charge in [-0.1, -0.05) is 43.3 Å². The summed E-state index contributed by atoms with van der Waals surface area (Å²) < 4.78 is 4.88. The normalized spacial score (nSPS) is 10.9. The largest absolute Gasteiger partial charge is 0.368 e. The Kier molecular flexibility index (Phi) is 2.46. The summed E-state index contributed by atoms with van der Waals surface area (Å²) in [5.74, 6) is 0.808. The summed E-state index contributed by atoms with van der Waals surface area (Å²) in [5, 5.41) is 3.93. The van der Waals surface area contributed by atoms with E-state index in [1.54, 1.807) is 6.07 Å². The lowest BCUT2D eigenvalue weighted by molar-refractivity contribution is 0.439. The molecule has 0 fully saturated rings. The molecule has 0 unspecified atom stereocenters. The molecule has 1 aromatic carbocycles. The second-order valence-corrected chi connectivity index (χ2v) is 3.86. The van der Waals surface area contributed by atoms with Crippen molar-refractivity contribution in [1.82, 2.24) is 5.16 Å². The van der Waals surface area contributed by atoms with Gasteiger partial charge in [-0.2, -0.15) is 0 Å². The first kappa shape index (κ1) is 9.77. The number of nitrogens with zero attached hydrogens (tertiary/aromatic N) is 1. The van der Waals surface area contributed by atoms with Gasteiger partial charge in [-0.05, 0) is 11.5 Å². The standard InChI is InChI=1S/C12H14N2O/c1-8(2)9-5-3-4-6-10(9)11-7-12(13)15-14-11/h3-8H,13H2,1-2H3. The van der Waals surface area contributed by atoms with Gasteiger partial charge >= 0.3 is 0 Å². The molecule has 0 aliphatic carbocycles. The number of rotatable bonds is 2. The molecule has 0 spiro atoms. The minimum Gasteiger partial charge on any atom is -0.368 e. The molecule has 78 valence electrons. The Morgan fingerprint density at radius 2 is 2.00 bits per heavy atom. The van der Waals surface area contributed by atoms with Crippen LogP contribution in [0.5, 0.6) is 0 Å². The zero-order chi connectivity index (χ0) is 10.8. The predicted molar refractivity (Wildman–Crippen MR) is 60.4 cm³/mol. The third-order valence-corrected chi connectivity index (χ3v) is 2.39. The van der Waals surface area contributed by atoms with Crippen LogP contribution in [-0.4, -0.2) is 5.16 Å². The summed E-state index contributed by atoms with van der Waals surface area (Å²) in [6.07, 6.45) is 0. The predicted octanol–water partition coefficient (Wildman–Crippen LogP) is 3.05. The highest BCUT2D eigenvalue weighted by molar-refractivity contribution is 5.65. The van der Waals surface area contributed by atoms with Gasteiger partial charge in [-0.25, -0.2) is 0 Å². The third kappa shape index (κ3) is 1.86. The van der Waals surface area contributed by atoms with Crippen LogP contribution in [0.2, 0.25) is 0 Å². The van der Waals surface area contributed by atoms with E-state index in [-0.39, 0.29) is 0 Å². The fraction of sp³-hybridized carbons (Fsp3) is 0.250. The maximum Gasteiger partial charge on any atom is 0.222 e. The van der Waals surface area contributed by atoms with Crippen LogP contribution in [0.25, 0.3) is 11.3 Å². The van der Waals surface area contributed by atoms with Gasteiger partial charge in [-0.15, -0.1) is 0 Å². The van der Waals surface area contributed by atoms with Crippen molar-refractivity contribution in [3.05, 3.63) is 35.9 Å². The summed E-state index contributed by atoms with van der Waals surface area (Å²) >= 11 is 0. The van der Waals surface area contributed by atoms with Crippen LogP contribution in [0.3, 0.4) is 0 Å². The minimum atomic E-state index is 0.351. The first-order valence-corrected chi connectivity index (χ1v) is 5.00. The van der Waals surface area contributed by atoms with E-state index in [0.29, 0.717) is 11.8 Å². The van der Waals surface area contributed by atoms with Gasteiger partial charge in [0.2, 0.25) is 5.88 Å². The second kappa shape index (κ2) is 3.77. The molecule has 1 aromatic heterocycles. The lowest BCUT2D eigenvalue weighted by atomic mass is 9.95. The van der Waals surface area contributed by atoms with Crippen LogP contribution in [0.4, 0.5) is 5.88 Å². The van der Waals surface area contributed by atoms with Crippen LogP contribution in [0.15, 0.2) is 34.9 Å². The van der Waals surface area contributed by atoms with Gasteiger partial charge in [0.15, 0.2) is 0 Å². The lowest BCUT2D eigenvalue weighted by Gasteiger charge is -2.09. The average molecular weight is 202 g/mol. The van der Waals surface area contributed by atoms with Gasteiger partial charge < -0.3 is 10.3 Å². The van der Waals surface area contributed by atoms with Crippen molar-refractivity contribution in [2.45, 2.75) is 19.8 Å². The molecule has 0 bridgehead atoms. The molecule has 1 heterocycles. The average Bonchev–Trinajstić information content (AvgIpc) is 2.65. The summed E-state index contributed by atoms with van der Waals surface area (Å²) in [6.45, 7) is 4.31. The van der Waals surface area contributed by atoms with Gasteiger partial charge in [0.05, 0.1) is 0 Å². The lowest BCUT2D eigenvalue weighted by Crippen LogP contribution is -1.91. The van der Waals surface area contributed by atoms with Crippen molar-refractivity contribution in [3.63, 3.8) is 0 Å². The quantitative estimate of drug-likeness (QED) is 0.814. The first-order chi connectivity index (χ1) is 7.18. The van der Waals surface area contributed by atoms with E-state index in [1.165, 1.54) is 5.56 Å². The number of nitrogen functional groups attached to an aromatic ring is 1. The summed E-state index contributed by atoms with van der Waals surface area (Å²) in [4.78, 5) is 0. The molecular formula is C12H14N2O. The molecule has 0 radical (unpaired) electrons. The second-order valence-electron chi connectivity index (χ2n) is 3.86. The van der Waals surface area contributed by atoms with Crippen LogP contribution in [0, 0.1) is 0 Å². The molecule has 0 aliphatic rings. The zero-order valence-electron chi connectivity index (χ0n) is 8.90. The number of hydrogen-bond acceptors (Lipinski definition) is 3. The fourth-order valence-corrected chi connectivity index (χ4v) is 1.65. The van der Waals surface area contributed by atoms with Crippen LogP contribution in [0.1, 0.15) is 25.3 Å². The molecule has 2 rings (SSSR count). The van der Waals surface area contributed by atoms with Gasteiger partial charge in [0, 0.05) is 11.6 Å². The van der Waals surface area contributed by atoms with E-state index in [9.17, 15) is 0 Å². The van der Waals surface area contributed by atoms with E-state index in [1.807, 2.05) is 18.2 Å². The number of nitrogens with two attached hydrogens (primary N) is 1. The van der Waals surface area contributed by atoms with Crippen molar-refractivity contribution >= 4 is 5.88 Å². The molecule has 0 amide bonds. The Bertz CT molecular complexity index is 460. The van der Waals surface area contributed by atoms with Crippen molar-refractivity contribution in [1.29, 1.82) is 0 Å². The monoisotopic (exact) mass is 202 g/mol. The Morgan fingerprint density at radius 1 is 1.27 bits per heavy atom. The van der Waals surface area contributed by atoms with Gasteiger partial charge in [0.1, 0.15) is 5.69 Å².